The molecule has 0 radical (unpaired) electrons. The van der Waals surface area contributed by atoms with E-state index in [0.29, 0.717) is 12.8 Å². The zero-order valence-corrected chi connectivity index (χ0v) is 35.2. The molecular formula is C45H83NO7. The summed E-state index contributed by atoms with van der Waals surface area (Å²) in [6.07, 6.45) is 39.1. The Kier molecular flexibility index (Phi) is 35.2. The Morgan fingerprint density at radius 1 is 0.585 bits per heavy atom. The molecule has 0 aromatic heterocycles. The van der Waals surface area contributed by atoms with E-state index in [0.717, 1.165) is 57.8 Å². The van der Waals surface area contributed by atoms with Crippen LogP contribution in [0.1, 0.15) is 194 Å². The van der Waals surface area contributed by atoms with E-state index in [-0.39, 0.29) is 42.7 Å². The maximum absolute atomic E-state index is 12.7. The molecule has 0 rings (SSSR count). The van der Waals surface area contributed by atoms with Crippen LogP contribution in [0.5, 0.6) is 0 Å². The van der Waals surface area contributed by atoms with Gasteiger partial charge in [0.25, 0.3) is 0 Å². The molecular weight excluding hydrogens is 666 g/mol. The van der Waals surface area contributed by atoms with Crippen molar-refractivity contribution in [2.45, 2.75) is 206 Å². The van der Waals surface area contributed by atoms with Gasteiger partial charge < -0.3 is 28.6 Å². The van der Waals surface area contributed by atoms with E-state index in [1.165, 1.54) is 103 Å². The van der Waals surface area contributed by atoms with Crippen molar-refractivity contribution in [2.24, 2.45) is 0 Å². The Labute approximate surface area is 326 Å². The fourth-order valence-corrected chi connectivity index (χ4v) is 6.46. The lowest BCUT2D eigenvalue weighted by molar-refractivity contribution is -0.889. The zero-order valence-electron chi connectivity index (χ0n) is 35.2. The van der Waals surface area contributed by atoms with Gasteiger partial charge in [0, 0.05) is 19.3 Å². The number of carbonyl (C=O) groups is 3. The highest BCUT2D eigenvalue weighted by Gasteiger charge is 2.25. The van der Waals surface area contributed by atoms with Gasteiger partial charge in [-0.15, -0.1) is 0 Å². The number of carboxylic acid groups (broad SMARTS) is 1. The van der Waals surface area contributed by atoms with Crippen LogP contribution in [-0.4, -0.2) is 75.5 Å². The van der Waals surface area contributed by atoms with Gasteiger partial charge >= 0.3 is 11.9 Å². The first-order valence-electron chi connectivity index (χ1n) is 21.9. The smallest absolute Gasteiger partial charge is 0.306 e. The summed E-state index contributed by atoms with van der Waals surface area (Å²) in [6.45, 7) is 4.56. The summed E-state index contributed by atoms with van der Waals surface area (Å²) in [5.74, 6) is -1.74. The Morgan fingerprint density at radius 3 is 1.55 bits per heavy atom. The number of hydrogen-bond donors (Lipinski definition) is 0. The van der Waals surface area contributed by atoms with Gasteiger partial charge in [-0.05, 0) is 38.5 Å². The molecule has 0 spiro atoms. The van der Waals surface area contributed by atoms with E-state index in [1.807, 2.05) is 0 Å². The first-order valence-corrected chi connectivity index (χ1v) is 21.9. The molecule has 0 saturated carbocycles. The Hall–Kier alpha value is -2.19. The van der Waals surface area contributed by atoms with Gasteiger partial charge in [0.1, 0.15) is 12.6 Å². The van der Waals surface area contributed by atoms with E-state index >= 15 is 0 Å². The number of quaternary nitrogens is 1. The molecule has 0 aromatic carbocycles. The zero-order chi connectivity index (χ0) is 39.3. The predicted octanol–water partition coefficient (Wildman–Crippen LogP) is 10.4. The number of carboxylic acids is 1. The third-order valence-electron chi connectivity index (χ3n) is 9.85. The summed E-state index contributed by atoms with van der Waals surface area (Å²) in [6, 6.07) is -0.724. The number of rotatable bonds is 39. The van der Waals surface area contributed by atoms with Crippen molar-refractivity contribution in [1.82, 2.24) is 0 Å². The van der Waals surface area contributed by atoms with Crippen LogP contribution in [0.3, 0.4) is 0 Å². The summed E-state index contributed by atoms with van der Waals surface area (Å²) < 4.78 is 17.2. The van der Waals surface area contributed by atoms with Crippen molar-refractivity contribution < 1.29 is 38.2 Å². The highest BCUT2D eigenvalue weighted by Crippen LogP contribution is 2.15. The third-order valence-corrected chi connectivity index (χ3v) is 9.85. The minimum absolute atomic E-state index is 0.0412. The highest BCUT2D eigenvalue weighted by molar-refractivity contribution is 5.70. The maximum Gasteiger partial charge on any atom is 0.306 e. The van der Waals surface area contributed by atoms with Crippen molar-refractivity contribution >= 4 is 17.9 Å². The highest BCUT2D eigenvalue weighted by atomic mass is 16.6. The van der Waals surface area contributed by atoms with Crippen LogP contribution in [0.25, 0.3) is 0 Å². The number of nitrogens with zero attached hydrogens (tertiary/aromatic N) is 1. The van der Waals surface area contributed by atoms with Gasteiger partial charge in [-0.3, -0.25) is 9.59 Å². The number of hydrogen-bond acceptors (Lipinski definition) is 7. The minimum Gasteiger partial charge on any atom is -0.544 e. The van der Waals surface area contributed by atoms with Crippen molar-refractivity contribution in [3.05, 3.63) is 24.3 Å². The number of ether oxygens (including phenoxy) is 3. The van der Waals surface area contributed by atoms with Gasteiger partial charge in [-0.1, -0.05) is 160 Å². The average molecular weight is 750 g/mol. The van der Waals surface area contributed by atoms with Gasteiger partial charge in [0.2, 0.25) is 0 Å². The maximum atomic E-state index is 12.7. The molecule has 2 unspecified atom stereocenters. The molecule has 0 aliphatic heterocycles. The second-order valence-electron chi connectivity index (χ2n) is 15.9. The fourth-order valence-electron chi connectivity index (χ4n) is 6.46. The summed E-state index contributed by atoms with van der Waals surface area (Å²) in [7, 11) is 5.41. The second-order valence-corrected chi connectivity index (χ2v) is 15.9. The molecule has 2 atom stereocenters. The molecule has 53 heavy (non-hydrogen) atoms. The normalized spacial score (nSPS) is 13.2. The molecule has 0 aliphatic rings. The summed E-state index contributed by atoms with van der Waals surface area (Å²) >= 11 is 0. The van der Waals surface area contributed by atoms with Gasteiger partial charge in [-0.25, -0.2) is 0 Å². The van der Waals surface area contributed by atoms with Crippen LogP contribution in [0.15, 0.2) is 24.3 Å². The Morgan fingerprint density at radius 2 is 1.06 bits per heavy atom. The van der Waals surface area contributed by atoms with Gasteiger partial charge in [0.05, 0.1) is 40.3 Å². The van der Waals surface area contributed by atoms with Crippen molar-refractivity contribution in [2.75, 3.05) is 41.0 Å². The first kappa shape index (κ1) is 50.8. The van der Waals surface area contributed by atoms with Crippen LogP contribution in [0.2, 0.25) is 0 Å². The van der Waals surface area contributed by atoms with Gasteiger partial charge in [0.15, 0.2) is 6.10 Å². The summed E-state index contributed by atoms with van der Waals surface area (Å²) in [4.78, 5) is 36.8. The Bertz CT molecular complexity index is 926. The minimum atomic E-state index is -1.13. The number of allylic oxidation sites excluding steroid dienone is 4. The molecule has 0 amide bonds. The predicted molar refractivity (Wildman–Crippen MR) is 217 cm³/mol. The van der Waals surface area contributed by atoms with Crippen LogP contribution in [0, 0.1) is 0 Å². The number of unbranched alkanes of at least 4 members (excludes halogenated alkanes) is 21. The summed E-state index contributed by atoms with van der Waals surface area (Å²) in [5.41, 5.74) is 0. The number of likely N-dealkylation sites (N-methyl/N-ethyl adjacent to an activating group) is 1. The van der Waals surface area contributed by atoms with E-state index in [4.69, 9.17) is 14.2 Å². The van der Waals surface area contributed by atoms with E-state index in [2.05, 4.69) is 38.2 Å². The molecule has 0 aliphatic carbocycles. The van der Waals surface area contributed by atoms with Crippen LogP contribution < -0.4 is 5.11 Å². The monoisotopic (exact) mass is 750 g/mol. The van der Waals surface area contributed by atoms with Crippen LogP contribution >= 0.6 is 0 Å². The van der Waals surface area contributed by atoms with E-state index in [1.54, 1.807) is 21.1 Å². The Balaban J connectivity index is 4.33. The van der Waals surface area contributed by atoms with Crippen LogP contribution in [-0.2, 0) is 28.6 Å². The number of esters is 2. The molecule has 0 heterocycles. The lowest BCUT2D eigenvalue weighted by atomic mass is 10.0. The SMILES string of the molecule is CC/C=C/C/C=C/CCCCCCCCCC(=O)OC(COCCC(C(=O)[O-])[N+](C)(C)C)COC(=O)CCCCCCCCCCCCCCCCC. The molecule has 0 fully saturated rings. The molecule has 0 saturated heterocycles. The standard InChI is InChI=1S/C45H83NO7/c1-6-8-10-12-14-16-18-20-22-24-25-27-29-31-33-35-43(47)52-40-41(39-51-38-37-42(45(49)50)46(3,4)5)53-44(48)36-34-32-30-28-26-23-21-19-17-15-13-11-9-7-2/h9,11,15,17,41-42H,6-8,10,12-14,16,18-40H2,1-5H3/b11-9+,17-15+. The molecule has 0 bridgehead atoms. The van der Waals surface area contributed by atoms with E-state index < -0.39 is 18.1 Å². The number of aliphatic carboxylic acids is 1. The topological polar surface area (TPSA) is 102 Å². The molecule has 8 heteroatoms. The van der Waals surface area contributed by atoms with Crippen molar-refractivity contribution in [1.29, 1.82) is 0 Å². The largest absolute Gasteiger partial charge is 0.544 e. The van der Waals surface area contributed by atoms with Gasteiger partial charge in [-0.2, -0.15) is 0 Å². The van der Waals surface area contributed by atoms with E-state index in [9.17, 15) is 19.5 Å². The lowest BCUT2D eigenvalue weighted by Gasteiger charge is -2.34. The summed E-state index contributed by atoms with van der Waals surface area (Å²) in [5, 5.41) is 11.6. The third kappa shape index (κ3) is 35.3. The fraction of sp³-hybridized carbons (Fsp3) is 0.844. The van der Waals surface area contributed by atoms with Crippen molar-refractivity contribution in [3.63, 3.8) is 0 Å². The number of carbonyl (C=O) groups excluding carboxylic acids is 3. The first-order chi connectivity index (χ1) is 25.6. The van der Waals surface area contributed by atoms with Crippen molar-refractivity contribution in [3.8, 4) is 0 Å². The molecule has 0 aromatic rings. The molecule has 0 N–H and O–H groups in total. The molecule has 8 nitrogen and oxygen atoms in total. The lowest BCUT2D eigenvalue weighted by Crippen LogP contribution is -2.55. The molecule has 310 valence electrons. The van der Waals surface area contributed by atoms with Crippen LogP contribution in [0.4, 0.5) is 0 Å². The second kappa shape index (κ2) is 36.8. The average Bonchev–Trinajstić information content (AvgIpc) is 3.11. The quantitative estimate of drug-likeness (QED) is 0.0267.